The van der Waals surface area contributed by atoms with Crippen molar-refractivity contribution in [3.63, 3.8) is 0 Å². The maximum atomic E-state index is 13.3. The van der Waals surface area contributed by atoms with Crippen LogP contribution in [0.3, 0.4) is 0 Å². The van der Waals surface area contributed by atoms with Crippen molar-refractivity contribution < 1.29 is 19.1 Å². The molecule has 0 spiro atoms. The van der Waals surface area contributed by atoms with Crippen molar-refractivity contribution in [3.05, 3.63) is 228 Å². The summed E-state index contributed by atoms with van der Waals surface area (Å²) in [6.45, 7) is 4.30. The molecule has 0 aliphatic carbocycles. The molecule has 0 unspecified atom stereocenters. The average Bonchev–Trinajstić information content (AvgIpc) is 3.30. The Bertz CT molecular complexity index is 2710. The molecule has 0 N–H and O–H groups in total. The van der Waals surface area contributed by atoms with Gasteiger partial charge in [0.15, 0.2) is 0 Å². The first kappa shape index (κ1) is 37.9. The summed E-state index contributed by atoms with van der Waals surface area (Å²) in [5.74, 6) is 0. The molecule has 292 valence electrons. The molecule has 2 aliphatic heterocycles. The summed E-state index contributed by atoms with van der Waals surface area (Å²) in [5.41, 5.74) is 11.7. The molecule has 8 aromatic rings. The van der Waals surface area contributed by atoms with Gasteiger partial charge in [0, 0.05) is 21.9 Å². The smallest absolute Gasteiger partial charge is 0.418 e. The van der Waals surface area contributed by atoms with E-state index in [-0.39, 0.29) is 12.2 Å². The Morgan fingerprint density at radius 2 is 0.700 bits per heavy atom. The molecule has 60 heavy (non-hydrogen) atoms. The van der Waals surface area contributed by atoms with Crippen LogP contribution in [0.2, 0.25) is 0 Å². The highest BCUT2D eigenvalue weighted by molar-refractivity contribution is 6.25. The molecule has 0 atom stereocenters. The van der Waals surface area contributed by atoms with Crippen LogP contribution in [-0.4, -0.2) is 25.4 Å². The minimum Gasteiger partial charge on any atom is -0.449 e. The van der Waals surface area contributed by atoms with Crippen LogP contribution in [0.5, 0.6) is 0 Å². The number of hydrogen-bond acceptors (Lipinski definition) is 4. The van der Waals surface area contributed by atoms with E-state index in [1.807, 2.05) is 135 Å². The minimum atomic E-state index is -0.369. The maximum absolute atomic E-state index is 13.3. The molecule has 6 nitrogen and oxygen atoms in total. The summed E-state index contributed by atoms with van der Waals surface area (Å²) in [6.07, 6.45) is -0.737. The largest absolute Gasteiger partial charge is 0.449 e. The Morgan fingerprint density at radius 1 is 0.383 bits per heavy atom. The van der Waals surface area contributed by atoms with E-state index in [2.05, 4.69) is 72.8 Å². The summed E-state index contributed by atoms with van der Waals surface area (Å²) in [6, 6.07) is 65.3. The summed E-state index contributed by atoms with van der Waals surface area (Å²) in [5, 5.41) is 4.32. The van der Waals surface area contributed by atoms with Gasteiger partial charge >= 0.3 is 12.2 Å². The zero-order valence-electron chi connectivity index (χ0n) is 33.4. The van der Waals surface area contributed by atoms with Gasteiger partial charge in [-0.3, -0.25) is 0 Å². The van der Waals surface area contributed by atoms with Gasteiger partial charge in [0.2, 0.25) is 0 Å². The van der Waals surface area contributed by atoms with Crippen LogP contribution in [0.15, 0.2) is 194 Å². The number of rotatable bonds is 6. The Morgan fingerprint density at radius 3 is 1.03 bits per heavy atom. The van der Waals surface area contributed by atoms with Crippen LogP contribution in [0.4, 0.5) is 21.0 Å². The lowest BCUT2D eigenvalue weighted by Gasteiger charge is -2.34. The van der Waals surface area contributed by atoms with Crippen LogP contribution in [0, 0.1) is 0 Å². The lowest BCUT2D eigenvalue weighted by Crippen LogP contribution is -2.33. The van der Waals surface area contributed by atoms with E-state index >= 15 is 0 Å². The molecule has 0 bridgehead atoms. The van der Waals surface area contributed by atoms with Crippen LogP contribution in [-0.2, 0) is 9.47 Å². The second kappa shape index (κ2) is 16.6. The van der Waals surface area contributed by atoms with E-state index in [1.54, 1.807) is 9.80 Å². The monoisotopic (exact) mass is 782 g/mol. The molecular formula is C54H42N2O4. The van der Waals surface area contributed by atoms with E-state index < -0.39 is 0 Å². The number of hydrogen-bond donors (Lipinski definition) is 0. The highest BCUT2D eigenvalue weighted by Gasteiger charge is 2.35. The Labute approximate surface area is 349 Å². The van der Waals surface area contributed by atoms with E-state index in [0.29, 0.717) is 13.2 Å². The summed E-state index contributed by atoms with van der Waals surface area (Å²) in [7, 11) is 0. The number of ether oxygens (including phenoxy) is 2. The fourth-order valence-corrected chi connectivity index (χ4v) is 8.44. The zero-order chi connectivity index (χ0) is 41.0. The summed E-state index contributed by atoms with van der Waals surface area (Å²) < 4.78 is 11.0. The molecule has 2 heterocycles. The molecule has 2 amide bonds. The van der Waals surface area contributed by atoms with Crippen molar-refractivity contribution in [2.45, 2.75) is 13.8 Å². The van der Waals surface area contributed by atoms with Crippen LogP contribution in [0.1, 0.15) is 47.2 Å². The molecule has 0 saturated heterocycles. The quantitative estimate of drug-likeness (QED) is 0.169. The number of carbonyl (C=O) groups is 2. The molecule has 10 rings (SSSR count). The predicted molar refractivity (Wildman–Crippen MR) is 244 cm³/mol. The van der Waals surface area contributed by atoms with Crippen molar-refractivity contribution in [3.8, 4) is 0 Å². The lowest BCUT2D eigenvalue weighted by atomic mass is 9.85. The first-order valence-electron chi connectivity index (χ1n) is 20.3. The second-order valence-corrected chi connectivity index (χ2v) is 14.3. The molecule has 0 fully saturated rings. The van der Waals surface area contributed by atoms with Crippen LogP contribution >= 0.6 is 0 Å². The van der Waals surface area contributed by atoms with Crippen molar-refractivity contribution in [2.24, 2.45) is 0 Å². The topological polar surface area (TPSA) is 59.1 Å². The number of nitrogens with zero attached hydrogens (tertiary/aromatic N) is 2. The summed E-state index contributed by atoms with van der Waals surface area (Å²) in [4.78, 5) is 30.0. The van der Waals surface area contributed by atoms with Crippen molar-refractivity contribution in [2.75, 3.05) is 23.0 Å². The van der Waals surface area contributed by atoms with E-state index in [0.717, 1.165) is 88.8 Å². The third-order valence-electron chi connectivity index (χ3n) is 10.8. The fraction of sp³-hybridized carbons (Fsp3) is 0.0741. The van der Waals surface area contributed by atoms with Crippen molar-refractivity contribution in [1.29, 1.82) is 0 Å². The van der Waals surface area contributed by atoms with Gasteiger partial charge in [-0.2, -0.15) is 0 Å². The molecule has 8 aromatic carbocycles. The third kappa shape index (κ3) is 6.78. The summed E-state index contributed by atoms with van der Waals surface area (Å²) >= 11 is 0. The predicted octanol–water partition coefficient (Wildman–Crippen LogP) is 13.5. The Kier molecular flexibility index (Phi) is 10.5. The van der Waals surface area contributed by atoms with E-state index in [9.17, 15) is 9.59 Å². The first-order chi connectivity index (χ1) is 29.6. The number of carbonyl (C=O) groups excluding carboxylic acids is 2. The van der Waals surface area contributed by atoms with Gasteiger partial charge in [0.25, 0.3) is 0 Å². The van der Waals surface area contributed by atoms with Crippen LogP contribution < -0.4 is 9.80 Å². The average molecular weight is 783 g/mol. The third-order valence-corrected chi connectivity index (χ3v) is 10.8. The zero-order valence-corrected chi connectivity index (χ0v) is 33.4. The van der Waals surface area contributed by atoms with Gasteiger partial charge in [-0.05, 0) is 70.1 Å². The van der Waals surface area contributed by atoms with Gasteiger partial charge < -0.3 is 9.47 Å². The molecule has 6 heteroatoms. The van der Waals surface area contributed by atoms with Gasteiger partial charge in [-0.1, -0.05) is 182 Å². The molecular weight excluding hydrogens is 741 g/mol. The van der Waals surface area contributed by atoms with Crippen molar-refractivity contribution in [1.82, 2.24) is 0 Å². The minimum absolute atomic E-state index is 0.315. The van der Waals surface area contributed by atoms with Gasteiger partial charge in [0.05, 0.1) is 36.0 Å². The normalized spacial score (nSPS) is 12.9. The Hall–Kier alpha value is -7.70. The van der Waals surface area contributed by atoms with Gasteiger partial charge in [-0.25, -0.2) is 19.4 Å². The fourth-order valence-electron chi connectivity index (χ4n) is 8.44. The lowest BCUT2D eigenvalue weighted by molar-refractivity contribution is 0.162. The second-order valence-electron chi connectivity index (χ2n) is 14.3. The van der Waals surface area contributed by atoms with Gasteiger partial charge in [0.1, 0.15) is 0 Å². The highest BCUT2D eigenvalue weighted by Crippen LogP contribution is 2.49. The first-order valence-corrected chi connectivity index (χ1v) is 20.3. The highest BCUT2D eigenvalue weighted by atomic mass is 16.6. The van der Waals surface area contributed by atoms with Crippen molar-refractivity contribution >= 4 is 67.6 Å². The molecule has 0 radical (unpaired) electrons. The number of amides is 2. The standard InChI is InChI=1S/2C27H21NO2/c2*1-2-30-27(29)28-23-18-10-16-19-15-9-17-22(24(19)23)25(20-11-5-3-6-12-20)26(28)21-13-7-4-8-14-21/h2*3-18H,2H2,1H3. The van der Waals surface area contributed by atoms with E-state index in [4.69, 9.17) is 9.47 Å². The SMILES string of the molecule is CCOC(=O)N1C(c2ccccc2)=C(c2ccccc2)c2cccc3cccc1c23.CCOC(=O)N1C(c2ccccc2)=C(c2ccccc2)c2cccc3cccc1c23. The number of benzene rings is 8. The van der Waals surface area contributed by atoms with E-state index in [1.165, 1.54) is 0 Å². The van der Waals surface area contributed by atoms with Crippen LogP contribution in [0.25, 0.3) is 44.1 Å². The molecule has 0 aromatic heterocycles. The molecule has 2 aliphatic rings. The maximum Gasteiger partial charge on any atom is 0.418 e. The molecule has 0 saturated carbocycles. The Balaban J connectivity index is 0.000000154. The number of anilines is 2. The van der Waals surface area contributed by atoms with Gasteiger partial charge in [-0.15, -0.1) is 0 Å².